The van der Waals surface area contributed by atoms with Gasteiger partial charge in [-0.05, 0) is 42.2 Å². The standard InChI is InChI=1S/C21H24F3N3O2/c1-14(2)18(27-20(29)26-17-6-4-3-5-7-17)19(28)25-13-12-15-8-10-16(11-9-15)21(22,23)24/h3-11,14,18H,12-13H2,1-2H3,(H,25,28)(H2,26,27,29). The third kappa shape index (κ3) is 7.14. The van der Waals surface area contributed by atoms with E-state index in [1.807, 2.05) is 19.9 Å². The van der Waals surface area contributed by atoms with E-state index in [1.165, 1.54) is 12.1 Å². The first-order valence-electron chi connectivity index (χ1n) is 9.23. The monoisotopic (exact) mass is 407 g/mol. The highest BCUT2D eigenvalue weighted by Gasteiger charge is 2.30. The van der Waals surface area contributed by atoms with Crippen molar-refractivity contribution in [3.63, 3.8) is 0 Å². The van der Waals surface area contributed by atoms with Crippen LogP contribution in [0.4, 0.5) is 23.7 Å². The molecule has 0 radical (unpaired) electrons. The van der Waals surface area contributed by atoms with Crippen LogP contribution in [0.3, 0.4) is 0 Å². The zero-order valence-electron chi connectivity index (χ0n) is 16.2. The lowest BCUT2D eigenvalue weighted by molar-refractivity contribution is -0.137. The van der Waals surface area contributed by atoms with Gasteiger partial charge < -0.3 is 16.0 Å². The Kier molecular flexibility index (Phi) is 7.64. The summed E-state index contributed by atoms with van der Waals surface area (Å²) in [4.78, 5) is 24.6. The van der Waals surface area contributed by atoms with Crippen molar-refractivity contribution in [2.45, 2.75) is 32.5 Å². The highest BCUT2D eigenvalue weighted by atomic mass is 19.4. The average molecular weight is 407 g/mol. The molecule has 0 fully saturated rings. The molecule has 156 valence electrons. The topological polar surface area (TPSA) is 70.2 Å². The van der Waals surface area contributed by atoms with Gasteiger partial charge >= 0.3 is 12.2 Å². The Morgan fingerprint density at radius 1 is 0.966 bits per heavy atom. The third-order valence-corrected chi connectivity index (χ3v) is 4.26. The number of para-hydroxylation sites is 1. The van der Waals surface area contributed by atoms with Crippen LogP contribution in [0.15, 0.2) is 54.6 Å². The summed E-state index contributed by atoms with van der Waals surface area (Å²) in [6.45, 7) is 3.86. The summed E-state index contributed by atoms with van der Waals surface area (Å²) in [5.74, 6) is -0.502. The highest BCUT2D eigenvalue weighted by molar-refractivity contribution is 5.93. The van der Waals surface area contributed by atoms with Crippen molar-refractivity contribution in [3.05, 3.63) is 65.7 Å². The van der Waals surface area contributed by atoms with Gasteiger partial charge in [0.15, 0.2) is 0 Å². The summed E-state index contributed by atoms with van der Waals surface area (Å²) in [6, 6.07) is 12.4. The van der Waals surface area contributed by atoms with Gasteiger partial charge in [-0.2, -0.15) is 13.2 Å². The molecule has 2 aromatic carbocycles. The smallest absolute Gasteiger partial charge is 0.354 e. The number of rotatable bonds is 7. The van der Waals surface area contributed by atoms with Crippen LogP contribution in [-0.4, -0.2) is 24.5 Å². The number of hydrogen-bond donors (Lipinski definition) is 3. The lowest BCUT2D eigenvalue weighted by Gasteiger charge is -2.22. The molecule has 29 heavy (non-hydrogen) atoms. The largest absolute Gasteiger partial charge is 0.416 e. The number of benzene rings is 2. The molecular weight excluding hydrogens is 383 g/mol. The van der Waals surface area contributed by atoms with Crippen molar-refractivity contribution in [1.82, 2.24) is 10.6 Å². The summed E-state index contributed by atoms with van der Waals surface area (Å²) in [5, 5.41) is 8.03. The molecule has 0 aromatic heterocycles. The molecule has 1 unspecified atom stereocenters. The van der Waals surface area contributed by atoms with Gasteiger partial charge in [0.2, 0.25) is 5.91 Å². The number of carbonyl (C=O) groups excluding carboxylic acids is 2. The Labute approximate surface area is 167 Å². The Balaban J connectivity index is 1.85. The number of alkyl halides is 3. The van der Waals surface area contributed by atoms with Crippen LogP contribution in [0.5, 0.6) is 0 Å². The maximum absolute atomic E-state index is 12.6. The van der Waals surface area contributed by atoms with E-state index in [9.17, 15) is 22.8 Å². The van der Waals surface area contributed by atoms with E-state index in [4.69, 9.17) is 0 Å². The summed E-state index contributed by atoms with van der Waals surface area (Å²) in [6.07, 6.45) is -3.99. The first-order valence-corrected chi connectivity index (χ1v) is 9.23. The number of halogens is 3. The third-order valence-electron chi connectivity index (χ3n) is 4.26. The SMILES string of the molecule is CC(C)C(NC(=O)Nc1ccccc1)C(=O)NCCc1ccc(C(F)(F)F)cc1. The van der Waals surface area contributed by atoms with Crippen molar-refractivity contribution >= 4 is 17.6 Å². The van der Waals surface area contributed by atoms with Crippen LogP contribution >= 0.6 is 0 Å². The first kappa shape index (κ1) is 22.3. The van der Waals surface area contributed by atoms with Crippen molar-refractivity contribution < 1.29 is 22.8 Å². The molecule has 3 amide bonds. The minimum Gasteiger partial charge on any atom is -0.354 e. The predicted molar refractivity (Wildman–Crippen MR) is 105 cm³/mol. The maximum Gasteiger partial charge on any atom is 0.416 e. The Morgan fingerprint density at radius 2 is 1.59 bits per heavy atom. The lowest BCUT2D eigenvalue weighted by atomic mass is 10.0. The van der Waals surface area contributed by atoms with Gasteiger partial charge in [-0.15, -0.1) is 0 Å². The first-order chi connectivity index (χ1) is 13.7. The molecule has 0 bridgehead atoms. The van der Waals surface area contributed by atoms with Crippen LogP contribution in [0.1, 0.15) is 25.0 Å². The number of urea groups is 1. The number of hydrogen-bond acceptors (Lipinski definition) is 2. The van der Waals surface area contributed by atoms with Crippen LogP contribution < -0.4 is 16.0 Å². The lowest BCUT2D eigenvalue weighted by Crippen LogP contribution is -2.51. The second kappa shape index (κ2) is 9.95. The van der Waals surface area contributed by atoms with E-state index in [2.05, 4.69) is 16.0 Å². The highest BCUT2D eigenvalue weighted by Crippen LogP contribution is 2.29. The van der Waals surface area contributed by atoms with Gasteiger partial charge in [0.05, 0.1) is 5.56 Å². The van der Waals surface area contributed by atoms with E-state index in [0.29, 0.717) is 17.7 Å². The van der Waals surface area contributed by atoms with Gasteiger partial charge in [-0.25, -0.2) is 4.79 Å². The second-order valence-electron chi connectivity index (χ2n) is 6.92. The molecule has 0 saturated heterocycles. The van der Waals surface area contributed by atoms with Crippen molar-refractivity contribution in [3.8, 4) is 0 Å². The minimum atomic E-state index is -4.37. The number of carbonyl (C=O) groups is 2. The van der Waals surface area contributed by atoms with E-state index < -0.39 is 23.8 Å². The second-order valence-corrected chi connectivity index (χ2v) is 6.92. The molecule has 2 aromatic rings. The van der Waals surface area contributed by atoms with Gasteiger partial charge in [0, 0.05) is 12.2 Å². The minimum absolute atomic E-state index is 0.150. The Morgan fingerprint density at radius 3 is 2.14 bits per heavy atom. The molecular formula is C21H24F3N3O2. The summed E-state index contributed by atoms with van der Waals surface area (Å²) in [7, 11) is 0. The fourth-order valence-electron chi connectivity index (χ4n) is 2.67. The van der Waals surface area contributed by atoms with Gasteiger partial charge in [-0.3, -0.25) is 4.79 Å². The Bertz CT molecular complexity index is 806. The molecule has 1 atom stereocenters. The zero-order valence-corrected chi connectivity index (χ0v) is 16.2. The number of anilines is 1. The summed E-state index contributed by atoms with van der Waals surface area (Å²) >= 11 is 0. The van der Waals surface area contributed by atoms with Crippen molar-refractivity contribution in [1.29, 1.82) is 0 Å². The molecule has 5 nitrogen and oxygen atoms in total. The van der Waals surface area contributed by atoms with E-state index in [-0.39, 0.29) is 18.4 Å². The molecule has 0 aliphatic rings. The summed E-state index contributed by atoms with van der Waals surface area (Å²) in [5.41, 5.74) is 0.572. The normalized spacial score (nSPS) is 12.3. The van der Waals surface area contributed by atoms with Gasteiger partial charge in [-0.1, -0.05) is 44.2 Å². The fraction of sp³-hybridized carbons (Fsp3) is 0.333. The number of nitrogens with one attached hydrogen (secondary N) is 3. The molecule has 0 heterocycles. The van der Waals surface area contributed by atoms with Crippen molar-refractivity contribution in [2.75, 3.05) is 11.9 Å². The van der Waals surface area contributed by atoms with Gasteiger partial charge in [0.1, 0.15) is 6.04 Å². The quantitative estimate of drug-likeness (QED) is 0.644. The van der Waals surface area contributed by atoms with E-state index in [1.54, 1.807) is 24.3 Å². The number of amides is 3. The molecule has 0 aliphatic heterocycles. The zero-order chi connectivity index (χ0) is 21.4. The van der Waals surface area contributed by atoms with Crippen LogP contribution in [0.25, 0.3) is 0 Å². The molecule has 3 N–H and O–H groups in total. The maximum atomic E-state index is 12.6. The molecule has 8 heteroatoms. The molecule has 2 rings (SSSR count). The van der Waals surface area contributed by atoms with Gasteiger partial charge in [0.25, 0.3) is 0 Å². The van der Waals surface area contributed by atoms with Crippen LogP contribution in [0, 0.1) is 5.92 Å². The van der Waals surface area contributed by atoms with E-state index >= 15 is 0 Å². The van der Waals surface area contributed by atoms with Crippen LogP contribution in [-0.2, 0) is 17.4 Å². The predicted octanol–water partition coefficient (Wildman–Crippen LogP) is 4.21. The fourth-order valence-corrected chi connectivity index (χ4v) is 2.67. The molecule has 0 spiro atoms. The van der Waals surface area contributed by atoms with E-state index in [0.717, 1.165) is 12.1 Å². The van der Waals surface area contributed by atoms with Crippen LogP contribution in [0.2, 0.25) is 0 Å². The van der Waals surface area contributed by atoms with Crippen molar-refractivity contribution in [2.24, 2.45) is 5.92 Å². The molecule has 0 saturated carbocycles. The Hall–Kier alpha value is -3.03. The summed E-state index contributed by atoms with van der Waals surface area (Å²) < 4.78 is 37.8. The average Bonchev–Trinajstić information content (AvgIpc) is 2.66. The molecule has 0 aliphatic carbocycles.